The van der Waals surface area contributed by atoms with Gasteiger partial charge in [-0.05, 0) is 68.1 Å². The van der Waals surface area contributed by atoms with Gasteiger partial charge in [0.1, 0.15) is 5.78 Å². The molecule has 0 aromatic rings. The van der Waals surface area contributed by atoms with Crippen LogP contribution in [0.3, 0.4) is 0 Å². The number of alkyl halides is 1. The van der Waals surface area contributed by atoms with Crippen molar-refractivity contribution in [1.82, 2.24) is 0 Å². The van der Waals surface area contributed by atoms with Crippen LogP contribution in [0, 0.1) is 28.6 Å². The topological polar surface area (TPSA) is 17.1 Å². The van der Waals surface area contributed by atoms with Crippen LogP contribution < -0.4 is 0 Å². The summed E-state index contributed by atoms with van der Waals surface area (Å²) < 4.78 is 0. The highest BCUT2D eigenvalue weighted by molar-refractivity contribution is 6.20. The Labute approximate surface area is 133 Å². The van der Waals surface area contributed by atoms with Crippen molar-refractivity contribution in [3.05, 3.63) is 11.6 Å². The van der Waals surface area contributed by atoms with E-state index in [0.717, 1.165) is 37.5 Å². The maximum absolute atomic E-state index is 12.4. The average molecular weight is 307 g/mol. The molecule has 2 heteroatoms. The average Bonchev–Trinajstić information content (AvgIpc) is 2.76. The monoisotopic (exact) mass is 306 g/mol. The van der Waals surface area contributed by atoms with Gasteiger partial charge in [0.15, 0.2) is 0 Å². The van der Waals surface area contributed by atoms with E-state index in [0.29, 0.717) is 22.5 Å². The van der Waals surface area contributed by atoms with E-state index < -0.39 is 0 Å². The largest absolute Gasteiger partial charge is 0.299 e. The maximum Gasteiger partial charge on any atom is 0.139 e. The van der Waals surface area contributed by atoms with E-state index in [2.05, 4.69) is 19.9 Å². The predicted molar refractivity (Wildman–Crippen MR) is 86.4 cm³/mol. The first kappa shape index (κ1) is 14.3. The van der Waals surface area contributed by atoms with Gasteiger partial charge in [0.05, 0.1) is 0 Å². The normalized spacial score (nSPS) is 52.7. The Morgan fingerprint density at radius 3 is 2.62 bits per heavy atom. The van der Waals surface area contributed by atoms with Crippen LogP contribution in [0.25, 0.3) is 0 Å². The van der Waals surface area contributed by atoms with Gasteiger partial charge in [-0.15, -0.1) is 11.6 Å². The molecular formula is C19H27ClO. The fourth-order valence-corrected chi connectivity index (χ4v) is 6.66. The van der Waals surface area contributed by atoms with E-state index in [1.165, 1.54) is 25.7 Å². The Hall–Kier alpha value is -0.300. The van der Waals surface area contributed by atoms with Crippen molar-refractivity contribution in [1.29, 1.82) is 0 Å². The molecule has 4 aliphatic rings. The summed E-state index contributed by atoms with van der Waals surface area (Å²) in [6.07, 6.45) is 11.6. The Morgan fingerprint density at radius 2 is 1.81 bits per heavy atom. The van der Waals surface area contributed by atoms with Gasteiger partial charge in [0, 0.05) is 17.2 Å². The molecule has 4 rings (SSSR count). The minimum atomic E-state index is 0.00650. The number of rotatable bonds is 0. The highest BCUT2D eigenvalue weighted by atomic mass is 35.5. The summed E-state index contributed by atoms with van der Waals surface area (Å²) in [4.78, 5) is 12.4. The van der Waals surface area contributed by atoms with Gasteiger partial charge in [-0.25, -0.2) is 0 Å². The lowest BCUT2D eigenvalue weighted by atomic mass is 9.48. The van der Waals surface area contributed by atoms with Gasteiger partial charge in [0.2, 0.25) is 0 Å². The molecule has 0 unspecified atom stereocenters. The number of carbonyl (C=O) groups excluding carboxylic acids is 1. The van der Waals surface area contributed by atoms with Crippen molar-refractivity contribution in [2.24, 2.45) is 28.6 Å². The van der Waals surface area contributed by atoms with Crippen molar-refractivity contribution >= 4 is 17.4 Å². The van der Waals surface area contributed by atoms with Crippen molar-refractivity contribution in [2.45, 2.75) is 70.6 Å². The van der Waals surface area contributed by atoms with E-state index in [1.54, 1.807) is 5.57 Å². The number of ketones is 1. The predicted octanol–water partition coefficient (Wildman–Crippen LogP) is 5.13. The number of Topliss-reactive ketones (excluding diaryl/α,β-unsaturated/α-hetero) is 1. The molecule has 0 heterocycles. The van der Waals surface area contributed by atoms with E-state index in [9.17, 15) is 4.79 Å². The first-order valence-electron chi connectivity index (χ1n) is 8.82. The molecule has 0 spiro atoms. The second-order valence-electron chi connectivity index (χ2n) is 8.52. The molecular weight excluding hydrogens is 280 g/mol. The number of fused-ring (bicyclic) bond motifs is 5. The first-order chi connectivity index (χ1) is 9.95. The highest BCUT2D eigenvalue weighted by Crippen LogP contribution is 2.64. The third-order valence-electron chi connectivity index (χ3n) is 7.75. The van der Waals surface area contributed by atoms with Gasteiger partial charge in [0.25, 0.3) is 0 Å². The molecule has 21 heavy (non-hydrogen) atoms. The number of halogens is 1. The number of allylic oxidation sites excluding steroid dienone is 2. The number of hydrogen-bond donors (Lipinski definition) is 0. The zero-order valence-electron chi connectivity index (χ0n) is 13.3. The lowest BCUT2D eigenvalue weighted by Gasteiger charge is -2.56. The molecule has 0 saturated heterocycles. The van der Waals surface area contributed by atoms with Crippen molar-refractivity contribution in [3.8, 4) is 0 Å². The summed E-state index contributed by atoms with van der Waals surface area (Å²) in [5.74, 6) is 2.74. The Kier molecular flexibility index (Phi) is 3.13. The van der Waals surface area contributed by atoms with Crippen LogP contribution in [-0.2, 0) is 4.79 Å². The molecule has 0 aliphatic heterocycles. The molecule has 0 aromatic heterocycles. The van der Waals surface area contributed by atoms with Gasteiger partial charge in [-0.3, -0.25) is 4.79 Å². The van der Waals surface area contributed by atoms with E-state index in [1.807, 2.05) is 0 Å². The van der Waals surface area contributed by atoms with Crippen molar-refractivity contribution in [2.75, 3.05) is 0 Å². The van der Waals surface area contributed by atoms with E-state index in [4.69, 9.17) is 11.6 Å². The van der Waals surface area contributed by atoms with Gasteiger partial charge < -0.3 is 0 Å². The molecule has 3 fully saturated rings. The number of carbonyl (C=O) groups is 1. The SMILES string of the molecule is C[C@]12CC[C@@H](Cl)CC1=CC[C@@H]1[C@@H]2CC[C@]2(C)C(=O)CC[C@@H]12. The smallest absolute Gasteiger partial charge is 0.139 e. The van der Waals surface area contributed by atoms with Crippen molar-refractivity contribution in [3.63, 3.8) is 0 Å². The first-order valence-corrected chi connectivity index (χ1v) is 9.26. The highest BCUT2D eigenvalue weighted by Gasteiger charge is 2.58. The lowest BCUT2D eigenvalue weighted by Crippen LogP contribution is -2.50. The molecule has 116 valence electrons. The standard InChI is InChI=1S/C19H27ClO/c1-18-9-7-13(20)11-12(18)3-4-14-15-5-6-17(21)19(15,2)10-8-16(14)18/h3,13-16H,4-11H2,1-2H3/t13-,14+,15+,16+,18+,19+/m1/s1. The summed E-state index contributed by atoms with van der Waals surface area (Å²) in [6.45, 7) is 4.76. The second-order valence-corrected chi connectivity index (χ2v) is 9.13. The molecule has 0 radical (unpaired) electrons. The van der Waals surface area contributed by atoms with Gasteiger partial charge in [-0.2, -0.15) is 0 Å². The third kappa shape index (κ3) is 1.85. The number of hydrogen-bond acceptors (Lipinski definition) is 1. The van der Waals surface area contributed by atoms with Gasteiger partial charge >= 0.3 is 0 Å². The van der Waals surface area contributed by atoms with Crippen LogP contribution >= 0.6 is 11.6 Å². The molecule has 4 aliphatic carbocycles. The Balaban J connectivity index is 1.69. The fourth-order valence-electron chi connectivity index (χ4n) is 6.39. The summed E-state index contributed by atoms with van der Waals surface area (Å²) in [6, 6.07) is 0. The van der Waals surface area contributed by atoms with E-state index >= 15 is 0 Å². The van der Waals surface area contributed by atoms with Crippen LogP contribution in [0.1, 0.15) is 65.2 Å². The summed E-state index contributed by atoms with van der Waals surface area (Å²) in [5.41, 5.74) is 2.02. The van der Waals surface area contributed by atoms with Crippen LogP contribution in [0.4, 0.5) is 0 Å². The summed E-state index contributed by atoms with van der Waals surface area (Å²) >= 11 is 6.42. The molecule has 0 N–H and O–H groups in total. The maximum atomic E-state index is 12.4. The molecule has 6 atom stereocenters. The molecule has 0 amide bonds. The second kappa shape index (κ2) is 4.60. The molecule has 0 aromatic carbocycles. The molecule has 1 nitrogen and oxygen atoms in total. The molecule has 0 bridgehead atoms. The Bertz CT molecular complexity index is 510. The minimum absolute atomic E-state index is 0.00650. The lowest BCUT2D eigenvalue weighted by molar-refractivity contribution is -0.131. The Morgan fingerprint density at radius 1 is 1.10 bits per heavy atom. The van der Waals surface area contributed by atoms with Crippen LogP contribution in [-0.4, -0.2) is 11.2 Å². The summed E-state index contributed by atoms with van der Waals surface area (Å²) in [5, 5.41) is 0.350. The van der Waals surface area contributed by atoms with Crippen LogP contribution in [0.5, 0.6) is 0 Å². The zero-order valence-corrected chi connectivity index (χ0v) is 14.1. The van der Waals surface area contributed by atoms with Crippen LogP contribution in [0.15, 0.2) is 11.6 Å². The van der Waals surface area contributed by atoms with Gasteiger partial charge in [-0.1, -0.05) is 25.5 Å². The third-order valence-corrected chi connectivity index (χ3v) is 8.13. The van der Waals surface area contributed by atoms with E-state index in [-0.39, 0.29) is 5.41 Å². The fraction of sp³-hybridized carbons (Fsp3) is 0.842. The van der Waals surface area contributed by atoms with Crippen LogP contribution in [0.2, 0.25) is 0 Å². The van der Waals surface area contributed by atoms with Crippen molar-refractivity contribution < 1.29 is 4.79 Å². The quantitative estimate of drug-likeness (QED) is 0.448. The molecule has 3 saturated carbocycles. The summed E-state index contributed by atoms with van der Waals surface area (Å²) in [7, 11) is 0. The minimum Gasteiger partial charge on any atom is -0.299 e. The zero-order chi connectivity index (χ0) is 14.8.